The first-order chi connectivity index (χ1) is 16.8. The molecule has 0 unspecified atom stereocenters. The molecule has 34 heavy (non-hydrogen) atoms. The lowest BCUT2D eigenvalue weighted by Gasteiger charge is -2.22. The lowest BCUT2D eigenvalue weighted by atomic mass is 9.95. The molecule has 4 aromatic rings. The van der Waals surface area contributed by atoms with Crippen LogP contribution in [-0.2, 0) is 12.2 Å². The summed E-state index contributed by atoms with van der Waals surface area (Å²) in [6.45, 7) is 0. The number of nitrogens with zero attached hydrogens (tertiary/aromatic N) is 4. The van der Waals surface area contributed by atoms with E-state index in [2.05, 4.69) is 49.3 Å². The number of carbonyl (C=O) groups excluding carboxylic acids is 1. The quantitative estimate of drug-likeness (QED) is 0.323. The molecule has 1 amide bonds. The van der Waals surface area contributed by atoms with Gasteiger partial charge in [-0.05, 0) is 30.5 Å². The van der Waals surface area contributed by atoms with E-state index in [1.54, 1.807) is 11.8 Å². The molecular formula is C26H27N5OS2. The third-order valence-corrected chi connectivity index (χ3v) is 7.94. The third kappa shape index (κ3) is 5.56. The minimum Gasteiger partial charge on any atom is -0.348 e. The van der Waals surface area contributed by atoms with Crippen molar-refractivity contribution in [2.75, 3.05) is 0 Å². The zero-order valence-electron chi connectivity index (χ0n) is 18.9. The smallest absolute Gasteiger partial charge is 0.270 e. The molecule has 1 N–H and O–H groups in total. The molecule has 0 radical (unpaired) electrons. The summed E-state index contributed by atoms with van der Waals surface area (Å²) < 4.78 is 2.11. The maximum Gasteiger partial charge on any atom is 0.270 e. The first kappa shape index (κ1) is 22.8. The molecule has 0 bridgehead atoms. The summed E-state index contributed by atoms with van der Waals surface area (Å²) in [7, 11) is 0. The summed E-state index contributed by atoms with van der Waals surface area (Å²) in [6.07, 6.45) is 6.49. The van der Waals surface area contributed by atoms with Crippen LogP contribution in [0.3, 0.4) is 0 Å². The normalized spacial score (nSPS) is 14.2. The number of carbonyl (C=O) groups is 1. The summed E-state index contributed by atoms with van der Waals surface area (Å²) in [4.78, 5) is 17.2. The highest BCUT2D eigenvalue weighted by molar-refractivity contribution is 7.98. The molecular weight excluding hydrogens is 462 g/mol. The van der Waals surface area contributed by atoms with Gasteiger partial charge in [0.1, 0.15) is 16.5 Å². The molecule has 2 aromatic carbocycles. The minimum absolute atomic E-state index is 0.0583. The third-order valence-electron chi connectivity index (χ3n) is 5.97. The summed E-state index contributed by atoms with van der Waals surface area (Å²) in [6, 6.07) is 20.8. The second kappa shape index (κ2) is 11.0. The summed E-state index contributed by atoms with van der Waals surface area (Å²) in [5.41, 5.74) is 2.74. The fourth-order valence-corrected chi connectivity index (χ4v) is 6.00. The SMILES string of the molecule is O=C(NC1CCCCC1)c1csc(CSc2nnc(Cc3ccccc3)n2-c2ccccc2)n1. The monoisotopic (exact) mass is 489 g/mol. The van der Waals surface area contributed by atoms with Crippen LogP contribution < -0.4 is 5.32 Å². The number of hydrogen-bond donors (Lipinski definition) is 1. The molecule has 5 rings (SSSR count). The Hall–Kier alpha value is -2.97. The molecule has 1 fully saturated rings. The molecule has 0 saturated heterocycles. The number of rotatable bonds is 8. The maximum atomic E-state index is 12.6. The van der Waals surface area contributed by atoms with Crippen LogP contribution in [0.2, 0.25) is 0 Å². The van der Waals surface area contributed by atoms with Gasteiger partial charge in [-0.3, -0.25) is 9.36 Å². The van der Waals surface area contributed by atoms with Gasteiger partial charge in [0, 0.05) is 23.5 Å². The number of benzene rings is 2. The van der Waals surface area contributed by atoms with Gasteiger partial charge in [-0.15, -0.1) is 21.5 Å². The van der Waals surface area contributed by atoms with Crippen molar-refractivity contribution in [3.05, 3.63) is 88.1 Å². The van der Waals surface area contributed by atoms with Gasteiger partial charge in [-0.2, -0.15) is 0 Å². The topological polar surface area (TPSA) is 72.7 Å². The van der Waals surface area contributed by atoms with E-state index in [4.69, 9.17) is 0 Å². The van der Waals surface area contributed by atoms with Crippen LogP contribution in [-0.4, -0.2) is 31.7 Å². The Bertz CT molecular complexity index is 1220. The van der Waals surface area contributed by atoms with Gasteiger partial charge in [0.15, 0.2) is 5.16 Å². The highest BCUT2D eigenvalue weighted by atomic mass is 32.2. The molecule has 0 atom stereocenters. The Balaban J connectivity index is 1.29. The lowest BCUT2D eigenvalue weighted by molar-refractivity contribution is 0.0923. The fraction of sp³-hybridized carbons (Fsp3) is 0.308. The lowest BCUT2D eigenvalue weighted by Crippen LogP contribution is -2.36. The zero-order chi connectivity index (χ0) is 23.2. The standard InChI is InChI=1S/C26H27N5OS2/c32-25(27-20-12-6-2-7-13-20)22-17-33-24(28-22)18-34-26-30-29-23(16-19-10-4-1-5-11-19)31(26)21-14-8-3-9-15-21/h1,3-5,8-11,14-15,17,20H,2,6-7,12-13,16,18H2,(H,27,32). The molecule has 0 aliphatic heterocycles. The summed E-state index contributed by atoms with van der Waals surface area (Å²) in [5.74, 6) is 1.47. The van der Waals surface area contributed by atoms with Gasteiger partial charge in [-0.25, -0.2) is 4.98 Å². The second-order valence-electron chi connectivity index (χ2n) is 8.46. The minimum atomic E-state index is -0.0583. The molecule has 1 aliphatic rings. The maximum absolute atomic E-state index is 12.6. The number of hydrogen-bond acceptors (Lipinski definition) is 6. The number of para-hydroxylation sites is 1. The molecule has 1 aliphatic carbocycles. The van der Waals surface area contributed by atoms with Gasteiger partial charge in [0.25, 0.3) is 5.91 Å². The molecule has 2 heterocycles. The molecule has 6 nitrogen and oxygen atoms in total. The van der Waals surface area contributed by atoms with Crippen molar-refractivity contribution in [1.29, 1.82) is 0 Å². The van der Waals surface area contributed by atoms with Crippen molar-refractivity contribution < 1.29 is 4.79 Å². The van der Waals surface area contributed by atoms with Crippen LogP contribution in [0.15, 0.2) is 71.2 Å². The molecule has 1 saturated carbocycles. The van der Waals surface area contributed by atoms with Crippen molar-refractivity contribution in [1.82, 2.24) is 25.1 Å². The van der Waals surface area contributed by atoms with E-state index in [0.717, 1.165) is 34.5 Å². The van der Waals surface area contributed by atoms with E-state index in [9.17, 15) is 4.79 Å². The van der Waals surface area contributed by atoms with E-state index in [0.29, 0.717) is 17.9 Å². The van der Waals surface area contributed by atoms with E-state index in [-0.39, 0.29) is 11.9 Å². The van der Waals surface area contributed by atoms with Gasteiger partial charge < -0.3 is 5.32 Å². The highest BCUT2D eigenvalue weighted by Crippen LogP contribution is 2.27. The van der Waals surface area contributed by atoms with E-state index < -0.39 is 0 Å². The molecule has 2 aromatic heterocycles. The largest absolute Gasteiger partial charge is 0.348 e. The van der Waals surface area contributed by atoms with Crippen molar-refractivity contribution >= 4 is 29.0 Å². The van der Waals surface area contributed by atoms with Crippen LogP contribution in [0.1, 0.15) is 59.0 Å². The number of amides is 1. The molecule has 8 heteroatoms. The van der Waals surface area contributed by atoms with Crippen molar-refractivity contribution in [3.8, 4) is 5.69 Å². The summed E-state index contributed by atoms with van der Waals surface area (Å²) >= 11 is 3.11. The summed E-state index contributed by atoms with van der Waals surface area (Å²) in [5, 5.41) is 15.7. The van der Waals surface area contributed by atoms with Gasteiger partial charge in [0.05, 0.1) is 5.75 Å². The van der Waals surface area contributed by atoms with E-state index >= 15 is 0 Å². The number of thiazole rings is 1. The van der Waals surface area contributed by atoms with E-state index in [1.165, 1.54) is 36.2 Å². The first-order valence-corrected chi connectivity index (χ1v) is 13.5. The van der Waals surface area contributed by atoms with Gasteiger partial charge >= 0.3 is 0 Å². The van der Waals surface area contributed by atoms with Crippen LogP contribution in [0.4, 0.5) is 0 Å². The Labute approximate surface area is 207 Å². The van der Waals surface area contributed by atoms with Crippen LogP contribution >= 0.6 is 23.1 Å². The number of aromatic nitrogens is 4. The average Bonchev–Trinajstić information content (AvgIpc) is 3.52. The van der Waals surface area contributed by atoms with Crippen molar-refractivity contribution in [2.24, 2.45) is 0 Å². The van der Waals surface area contributed by atoms with Crippen molar-refractivity contribution in [2.45, 2.75) is 55.5 Å². The highest BCUT2D eigenvalue weighted by Gasteiger charge is 2.19. The predicted octanol–water partition coefficient (Wildman–Crippen LogP) is 5.67. The van der Waals surface area contributed by atoms with Gasteiger partial charge in [0.2, 0.25) is 0 Å². The Morgan fingerprint density at radius 3 is 2.50 bits per heavy atom. The number of nitrogens with one attached hydrogen (secondary N) is 1. The van der Waals surface area contributed by atoms with Crippen LogP contribution in [0, 0.1) is 0 Å². The molecule has 0 spiro atoms. The van der Waals surface area contributed by atoms with E-state index in [1.807, 2.05) is 41.8 Å². The second-order valence-corrected chi connectivity index (χ2v) is 10.3. The van der Waals surface area contributed by atoms with Crippen LogP contribution in [0.5, 0.6) is 0 Å². The Kier molecular flexibility index (Phi) is 7.36. The molecule has 174 valence electrons. The average molecular weight is 490 g/mol. The number of thioether (sulfide) groups is 1. The fourth-order valence-electron chi connectivity index (χ4n) is 4.24. The van der Waals surface area contributed by atoms with Gasteiger partial charge in [-0.1, -0.05) is 79.6 Å². The Morgan fingerprint density at radius 2 is 1.74 bits per heavy atom. The van der Waals surface area contributed by atoms with Crippen LogP contribution in [0.25, 0.3) is 5.69 Å². The van der Waals surface area contributed by atoms with Crippen molar-refractivity contribution in [3.63, 3.8) is 0 Å². The predicted molar refractivity (Wildman–Crippen MR) is 137 cm³/mol. The Morgan fingerprint density at radius 1 is 1.00 bits per heavy atom. The first-order valence-electron chi connectivity index (χ1n) is 11.7. The zero-order valence-corrected chi connectivity index (χ0v) is 20.5.